The van der Waals surface area contributed by atoms with Gasteiger partial charge in [0.05, 0.1) is 0 Å². The number of carbonyl (C=O) groups is 1. The first-order valence-corrected chi connectivity index (χ1v) is 8.09. The number of halogens is 3. The predicted molar refractivity (Wildman–Crippen MR) is 103 cm³/mol. The summed E-state index contributed by atoms with van der Waals surface area (Å²) in [5.41, 5.74) is 1.37. The van der Waals surface area contributed by atoms with Gasteiger partial charge in [-0.3, -0.25) is 4.79 Å². The van der Waals surface area contributed by atoms with Crippen LogP contribution in [0.25, 0.3) is 10.6 Å². The van der Waals surface area contributed by atoms with E-state index < -0.39 is 0 Å². The van der Waals surface area contributed by atoms with Crippen LogP contribution in [0.15, 0.2) is 29.6 Å². The topological polar surface area (TPSA) is 54.0 Å². The van der Waals surface area contributed by atoms with E-state index in [0.717, 1.165) is 17.1 Å². The van der Waals surface area contributed by atoms with E-state index in [4.69, 9.17) is 11.6 Å². The molecule has 4 nitrogen and oxygen atoms in total. The lowest BCUT2D eigenvalue weighted by Crippen LogP contribution is -2.38. The molecule has 1 heterocycles. The highest BCUT2D eigenvalue weighted by Gasteiger charge is 2.12. The number of hydrogen-bond donors (Lipinski definition) is 2. The number of hydrogen-bond acceptors (Lipinski definition) is 4. The number of nitrogens with zero attached hydrogens (tertiary/aromatic N) is 1. The molecule has 128 valence electrons. The van der Waals surface area contributed by atoms with E-state index in [0.29, 0.717) is 17.3 Å². The van der Waals surface area contributed by atoms with Gasteiger partial charge in [0, 0.05) is 28.6 Å². The summed E-state index contributed by atoms with van der Waals surface area (Å²) in [4.78, 5) is 16.4. The van der Waals surface area contributed by atoms with Crippen LogP contribution in [0, 0.1) is 0 Å². The predicted octanol–water partition coefficient (Wildman–Crippen LogP) is 4.03. The Morgan fingerprint density at radius 3 is 2.78 bits per heavy atom. The van der Waals surface area contributed by atoms with E-state index in [1.54, 1.807) is 5.38 Å². The molecule has 1 aromatic heterocycles. The number of rotatable bonds is 6. The largest absolute Gasteiger partial charge is 0.349 e. The van der Waals surface area contributed by atoms with Gasteiger partial charge in [-0.05, 0) is 25.6 Å². The molecule has 0 aliphatic heterocycles. The lowest BCUT2D eigenvalue weighted by molar-refractivity contribution is 0.0946. The number of amides is 1. The maximum Gasteiger partial charge on any atom is 0.270 e. The smallest absolute Gasteiger partial charge is 0.270 e. The molecule has 0 aliphatic carbocycles. The Balaban J connectivity index is 0.00000242. The van der Waals surface area contributed by atoms with Crippen LogP contribution in [0.5, 0.6) is 0 Å². The van der Waals surface area contributed by atoms with Gasteiger partial charge in [-0.1, -0.05) is 30.7 Å². The minimum absolute atomic E-state index is 0. The molecule has 0 spiro atoms. The van der Waals surface area contributed by atoms with Crippen LogP contribution in [0.4, 0.5) is 0 Å². The first-order valence-electron chi connectivity index (χ1n) is 6.83. The minimum Gasteiger partial charge on any atom is -0.349 e. The number of benzene rings is 1. The highest BCUT2D eigenvalue weighted by Crippen LogP contribution is 2.25. The maximum absolute atomic E-state index is 12.0. The molecule has 0 unspecified atom stereocenters. The lowest BCUT2D eigenvalue weighted by atomic mass is 10.2. The molecule has 23 heavy (non-hydrogen) atoms. The number of carbonyl (C=O) groups excluding carboxylic acids is 1. The highest BCUT2D eigenvalue weighted by molar-refractivity contribution is 7.13. The fourth-order valence-electron chi connectivity index (χ4n) is 1.89. The Morgan fingerprint density at radius 2 is 2.13 bits per heavy atom. The Labute approximate surface area is 157 Å². The zero-order valence-corrected chi connectivity index (χ0v) is 16.0. The molecule has 8 heteroatoms. The molecular weight excluding hydrogens is 377 g/mol. The van der Waals surface area contributed by atoms with Crippen molar-refractivity contribution in [1.29, 1.82) is 0 Å². The fourth-order valence-corrected chi connectivity index (χ4v) is 2.88. The van der Waals surface area contributed by atoms with Gasteiger partial charge >= 0.3 is 0 Å². The second-order valence-electron chi connectivity index (χ2n) is 4.72. The highest BCUT2D eigenvalue weighted by atomic mass is 35.5. The molecule has 0 fully saturated rings. The van der Waals surface area contributed by atoms with Crippen molar-refractivity contribution in [3.8, 4) is 10.6 Å². The molecule has 2 rings (SSSR count). The van der Waals surface area contributed by atoms with E-state index in [-0.39, 0.29) is 36.8 Å². The average molecular weight is 397 g/mol. The molecule has 0 radical (unpaired) electrons. The first-order chi connectivity index (χ1) is 10.1. The molecule has 2 aromatic rings. The summed E-state index contributed by atoms with van der Waals surface area (Å²) in [5, 5.41) is 9.34. The van der Waals surface area contributed by atoms with E-state index in [1.165, 1.54) is 11.3 Å². The SMILES string of the molecule is CCN[C@H](C)CNC(=O)c1csc(-c2cccc(Cl)c2)n1.Cl.Cl. The number of likely N-dealkylation sites (N-methyl/N-ethyl adjacent to an activating group) is 1. The zero-order chi connectivity index (χ0) is 15.2. The molecule has 1 atom stereocenters. The van der Waals surface area contributed by atoms with Crippen LogP contribution in [-0.4, -0.2) is 30.0 Å². The summed E-state index contributed by atoms with van der Waals surface area (Å²) in [7, 11) is 0. The zero-order valence-electron chi connectivity index (χ0n) is 12.8. The van der Waals surface area contributed by atoms with Crippen LogP contribution in [0.1, 0.15) is 24.3 Å². The molecule has 0 aliphatic rings. The van der Waals surface area contributed by atoms with Gasteiger partial charge in [-0.25, -0.2) is 4.98 Å². The van der Waals surface area contributed by atoms with Gasteiger partial charge in [0.1, 0.15) is 10.7 Å². The maximum atomic E-state index is 12.0. The Hall–Kier alpha value is -0.850. The van der Waals surface area contributed by atoms with Crippen LogP contribution in [0.2, 0.25) is 5.02 Å². The van der Waals surface area contributed by atoms with E-state index in [2.05, 4.69) is 15.6 Å². The summed E-state index contributed by atoms with van der Waals surface area (Å²) in [6, 6.07) is 7.70. The van der Waals surface area contributed by atoms with Crippen LogP contribution < -0.4 is 10.6 Å². The summed E-state index contributed by atoms with van der Waals surface area (Å²) in [6.45, 7) is 5.53. The van der Waals surface area contributed by atoms with Crippen molar-refractivity contribution in [2.45, 2.75) is 19.9 Å². The molecule has 2 N–H and O–H groups in total. The second kappa shape index (κ2) is 10.8. The summed E-state index contributed by atoms with van der Waals surface area (Å²) < 4.78 is 0. The van der Waals surface area contributed by atoms with Crippen molar-refractivity contribution in [3.63, 3.8) is 0 Å². The van der Waals surface area contributed by atoms with Crippen LogP contribution in [-0.2, 0) is 0 Å². The van der Waals surface area contributed by atoms with Crippen molar-refractivity contribution in [3.05, 3.63) is 40.4 Å². The van der Waals surface area contributed by atoms with Gasteiger partial charge < -0.3 is 10.6 Å². The standard InChI is InChI=1S/C15H18ClN3OS.2ClH/c1-3-17-10(2)8-18-14(20)13-9-21-15(19-13)11-5-4-6-12(16)7-11;;/h4-7,9-10,17H,3,8H2,1-2H3,(H,18,20);2*1H/t10-;;/m1../s1. The first kappa shape index (κ1) is 22.2. The molecule has 1 aromatic carbocycles. The van der Waals surface area contributed by atoms with Crippen molar-refractivity contribution in [1.82, 2.24) is 15.6 Å². The number of thiazole rings is 1. The average Bonchev–Trinajstić information content (AvgIpc) is 2.95. The minimum atomic E-state index is -0.149. The van der Waals surface area contributed by atoms with E-state index in [9.17, 15) is 4.79 Å². The number of aromatic nitrogens is 1. The quantitative estimate of drug-likeness (QED) is 0.775. The van der Waals surface area contributed by atoms with Gasteiger partial charge in [-0.15, -0.1) is 36.2 Å². The van der Waals surface area contributed by atoms with Crippen molar-refractivity contribution >= 4 is 53.7 Å². The summed E-state index contributed by atoms with van der Waals surface area (Å²) >= 11 is 7.41. The molecular formula is C15H20Cl3N3OS. The third-order valence-electron chi connectivity index (χ3n) is 2.93. The van der Waals surface area contributed by atoms with Crippen LogP contribution >= 0.6 is 47.8 Å². The second-order valence-corrected chi connectivity index (χ2v) is 6.01. The normalized spacial score (nSPS) is 11.1. The van der Waals surface area contributed by atoms with E-state index in [1.807, 2.05) is 38.1 Å². The lowest BCUT2D eigenvalue weighted by Gasteiger charge is -2.12. The van der Waals surface area contributed by atoms with Gasteiger partial charge in [0.25, 0.3) is 5.91 Å². The monoisotopic (exact) mass is 395 g/mol. The molecule has 0 saturated carbocycles. The van der Waals surface area contributed by atoms with Gasteiger partial charge in [0.15, 0.2) is 0 Å². The van der Waals surface area contributed by atoms with Crippen LogP contribution in [0.3, 0.4) is 0 Å². The van der Waals surface area contributed by atoms with E-state index >= 15 is 0 Å². The Kier molecular flexibility index (Phi) is 10.4. The third-order valence-corrected chi connectivity index (χ3v) is 4.06. The molecule has 0 saturated heterocycles. The fraction of sp³-hybridized carbons (Fsp3) is 0.333. The van der Waals surface area contributed by atoms with Crippen molar-refractivity contribution < 1.29 is 4.79 Å². The molecule has 1 amide bonds. The van der Waals surface area contributed by atoms with Crippen molar-refractivity contribution in [2.24, 2.45) is 0 Å². The summed E-state index contributed by atoms with van der Waals surface area (Å²) in [5.74, 6) is -0.149. The van der Waals surface area contributed by atoms with Gasteiger partial charge in [0.2, 0.25) is 0 Å². The Morgan fingerprint density at radius 1 is 1.39 bits per heavy atom. The number of nitrogens with one attached hydrogen (secondary N) is 2. The summed E-state index contributed by atoms with van der Waals surface area (Å²) in [6.07, 6.45) is 0. The Bertz CT molecular complexity index is 622. The van der Waals surface area contributed by atoms with Crippen molar-refractivity contribution in [2.75, 3.05) is 13.1 Å². The third kappa shape index (κ3) is 6.65. The van der Waals surface area contributed by atoms with Gasteiger partial charge in [-0.2, -0.15) is 0 Å². The molecule has 0 bridgehead atoms.